The number of nitrogens with zero attached hydrogens (tertiary/aromatic N) is 3. The minimum absolute atomic E-state index is 0.699. The Morgan fingerprint density at radius 2 is 2.53 bits per heavy atom. The van der Waals surface area contributed by atoms with E-state index in [9.17, 15) is 0 Å². The van der Waals surface area contributed by atoms with Crippen LogP contribution in [-0.2, 0) is 13.6 Å². The molecule has 4 nitrogen and oxygen atoms in total. The number of hydrogen-bond donors (Lipinski definition) is 1. The molecule has 84 valence electrons. The summed E-state index contributed by atoms with van der Waals surface area (Å²) in [6.45, 7) is 6.64. The van der Waals surface area contributed by atoms with Crippen LogP contribution in [0.5, 0.6) is 0 Å². The Bertz CT molecular complexity index is 301. The van der Waals surface area contributed by atoms with Crippen molar-refractivity contribution in [1.29, 1.82) is 0 Å². The Hall–Kier alpha value is -0.870. The number of aromatic nitrogens is 2. The van der Waals surface area contributed by atoms with Gasteiger partial charge in [0.15, 0.2) is 0 Å². The van der Waals surface area contributed by atoms with Crippen molar-refractivity contribution in [3.05, 3.63) is 18.2 Å². The van der Waals surface area contributed by atoms with Crippen LogP contribution in [0.3, 0.4) is 0 Å². The molecule has 15 heavy (non-hydrogen) atoms. The van der Waals surface area contributed by atoms with Crippen molar-refractivity contribution < 1.29 is 0 Å². The monoisotopic (exact) mass is 208 g/mol. The molecule has 0 spiro atoms. The fourth-order valence-electron chi connectivity index (χ4n) is 2.20. The fraction of sp³-hybridized carbons (Fsp3) is 0.727. The second-order valence-corrected chi connectivity index (χ2v) is 4.21. The van der Waals surface area contributed by atoms with Crippen LogP contribution in [0.2, 0.25) is 0 Å². The van der Waals surface area contributed by atoms with E-state index in [1.807, 2.05) is 12.5 Å². The summed E-state index contributed by atoms with van der Waals surface area (Å²) in [5.41, 5.74) is 1.30. The van der Waals surface area contributed by atoms with E-state index in [4.69, 9.17) is 0 Å². The molecular formula is C11H20N4. The van der Waals surface area contributed by atoms with Gasteiger partial charge in [0.2, 0.25) is 0 Å². The van der Waals surface area contributed by atoms with Crippen LogP contribution >= 0.6 is 0 Å². The standard InChI is InChI=1S/C11H20N4/c1-3-15(10-4-5-12-6-10)8-11-7-13-9-14(11)2/h7,9-10,12H,3-6,8H2,1-2H3. The van der Waals surface area contributed by atoms with Gasteiger partial charge in [-0.15, -0.1) is 0 Å². The normalized spacial score (nSPS) is 21.4. The minimum Gasteiger partial charge on any atom is -0.337 e. The summed E-state index contributed by atoms with van der Waals surface area (Å²) in [7, 11) is 2.06. The molecule has 2 heterocycles. The number of aryl methyl sites for hydroxylation is 1. The molecule has 2 rings (SSSR count). The van der Waals surface area contributed by atoms with Crippen molar-refractivity contribution in [3.8, 4) is 0 Å². The van der Waals surface area contributed by atoms with Gasteiger partial charge < -0.3 is 9.88 Å². The highest BCUT2D eigenvalue weighted by Gasteiger charge is 2.21. The van der Waals surface area contributed by atoms with Crippen molar-refractivity contribution in [1.82, 2.24) is 19.8 Å². The Kier molecular flexibility index (Phi) is 3.38. The van der Waals surface area contributed by atoms with Crippen LogP contribution < -0.4 is 5.32 Å². The molecule has 1 unspecified atom stereocenters. The van der Waals surface area contributed by atoms with Gasteiger partial charge in [0.25, 0.3) is 0 Å². The molecular weight excluding hydrogens is 188 g/mol. The maximum Gasteiger partial charge on any atom is 0.0945 e. The maximum absolute atomic E-state index is 4.16. The van der Waals surface area contributed by atoms with Crippen molar-refractivity contribution in [2.24, 2.45) is 7.05 Å². The van der Waals surface area contributed by atoms with E-state index < -0.39 is 0 Å². The lowest BCUT2D eigenvalue weighted by Gasteiger charge is -2.26. The van der Waals surface area contributed by atoms with Crippen LogP contribution in [0, 0.1) is 0 Å². The van der Waals surface area contributed by atoms with E-state index in [1.165, 1.54) is 12.1 Å². The minimum atomic E-state index is 0.699. The molecule has 1 aromatic heterocycles. The lowest BCUT2D eigenvalue weighted by Crippen LogP contribution is -2.36. The summed E-state index contributed by atoms with van der Waals surface area (Å²) in [5, 5.41) is 3.42. The first-order valence-corrected chi connectivity index (χ1v) is 5.71. The first kappa shape index (κ1) is 10.6. The van der Waals surface area contributed by atoms with Crippen molar-refractivity contribution >= 4 is 0 Å². The number of nitrogens with one attached hydrogen (secondary N) is 1. The van der Waals surface area contributed by atoms with Gasteiger partial charge in [0.1, 0.15) is 0 Å². The highest BCUT2D eigenvalue weighted by molar-refractivity contribution is 4.98. The molecule has 1 aliphatic heterocycles. The molecule has 1 atom stereocenters. The molecule has 1 N–H and O–H groups in total. The van der Waals surface area contributed by atoms with Gasteiger partial charge in [-0.05, 0) is 19.5 Å². The molecule has 0 saturated carbocycles. The van der Waals surface area contributed by atoms with E-state index in [0.29, 0.717) is 6.04 Å². The highest BCUT2D eigenvalue weighted by atomic mass is 15.2. The van der Waals surface area contributed by atoms with Gasteiger partial charge >= 0.3 is 0 Å². The first-order valence-electron chi connectivity index (χ1n) is 5.71. The van der Waals surface area contributed by atoms with Gasteiger partial charge in [-0.3, -0.25) is 4.90 Å². The topological polar surface area (TPSA) is 33.1 Å². The molecule has 1 saturated heterocycles. The quantitative estimate of drug-likeness (QED) is 0.787. The third kappa shape index (κ3) is 2.38. The Balaban J connectivity index is 1.98. The number of likely N-dealkylation sites (N-methyl/N-ethyl adjacent to an activating group) is 1. The molecule has 1 aromatic rings. The maximum atomic E-state index is 4.16. The van der Waals surface area contributed by atoms with Crippen LogP contribution in [0.25, 0.3) is 0 Å². The Morgan fingerprint density at radius 1 is 1.67 bits per heavy atom. The second-order valence-electron chi connectivity index (χ2n) is 4.21. The highest BCUT2D eigenvalue weighted by Crippen LogP contribution is 2.12. The van der Waals surface area contributed by atoms with E-state index in [2.05, 4.69) is 33.7 Å². The van der Waals surface area contributed by atoms with Gasteiger partial charge in [-0.25, -0.2) is 4.98 Å². The lowest BCUT2D eigenvalue weighted by molar-refractivity contribution is 0.206. The summed E-state index contributed by atoms with van der Waals surface area (Å²) < 4.78 is 2.10. The molecule has 0 bridgehead atoms. The fourth-order valence-corrected chi connectivity index (χ4v) is 2.20. The van der Waals surface area contributed by atoms with Crippen LogP contribution in [-0.4, -0.2) is 40.1 Å². The van der Waals surface area contributed by atoms with E-state index >= 15 is 0 Å². The van der Waals surface area contributed by atoms with E-state index in [0.717, 1.165) is 26.2 Å². The largest absolute Gasteiger partial charge is 0.337 e. The summed E-state index contributed by atoms with van der Waals surface area (Å²) in [5.74, 6) is 0. The molecule has 0 radical (unpaired) electrons. The number of imidazole rings is 1. The summed E-state index contributed by atoms with van der Waals surface area (Å²) in [6.07, 6.45) is 5.10. The average molecular weight is 208 g/mol. The molecule has 4 heteroatoms. The van der Waals surface area contributed by atoms with Crippen LogP contribution in [0.1, 0.15) is 19.0 Å². The summed E-state index contributed by atoms with van der Waals surface area (Å²) >= 11 is 0. The summed E-state index contributed by atoms with van der Waals surface area (Å²) in [6, 6.07) is 0.699. The zero-order valence-corrected chi connectivity index (χ0v) is 9.61. The first-order chi connectivity index (χ1) is 7.31. The van der Waals surface area contributed by atoms with E-state index in [1.54, 1.807) is 0 Å². The number of hydrogen-bond acceptors (Lipinski definition) is 3. The second kappa shape index (κ2) is 4.77. The van der Waals surface area contributed by atoms with Gasteiger partial charge in [0.05, 0.1) is 12.0 Å². The SMILES string of the molecule is CCN(Cc1cncn1C)C1CCNC1. The Labute approximate surface area is 91.3 Å². The molecule has 1 fully saturated rings. The van der Waals surface area contributed by atoms with Crippen LogP contribution in [0.15, 0.2) is 12.5 Å². The predicted octanol–water partition coefficient (Wildman–Crippen LogP) is 0.604. The van der Waals surface area contributed by atoms with Gasteiger partial charge in [-0.1, -0.05) is 6.92 Å². The van der Waals surface area contributed by atoms with Gasteiger partial charge in [-0.2, -0.15) is 0 Å². The smallest absolute Gasteiger partial charge is 0.0945 e. The molecule has 0 amide bonds. The van der Waals surface area contributed by atoms with Crippen LogP contribution in [0.4, 0.5) is 0 Å². The molecule has 0 aliphatic carbocycles. The lowest BCUT2D eigenvalue weighted by atomic mass is 10.2. The van der Waals surface area contributed by atoms with E-state index in [-0.39, 0.29) is 0 Å². The van der Waals surface area contributed by atoms with Crippen molar-refractivity contribution in [2.45, 2.75) is 25.9 Å². The number of rotatable bonds is 4. The summed E-state index contributed by atoms with van der Waals surface area (Å²) in [4.78, 5) is 6.68. The predicted molar refractivity (Wildman–Crippen MR) is 60.6 cm³/mol. The molecule has 1 aliphatic rings. The molecule has 0 aromatic carbocycles. The van der Waals surface area contributed by atoms with Crippen molar-refractivity contribution in [3.63, 3.8) is 0 Å². The third-order valence-electron chi connectivity index (χ3n) is 3.24. The average Bonchev–Trinajstić information content (AvgIpc) is 2.86. The third-order valence-corrected chi connectivity index (χ3v) is 3.24. The zero-order chi connectivity index (χ0) is 10.7. The van der Waals surface area contributed by atoms with Crippen molar-refractivity contribution in [2.75, 3.05) is 19.6 Å². The van der Waals surface area contributed by atoms with Gasteiger partial charge in [0, 0.05) is 32.4 Å². The zero-order valence-electron chi connectivity index (χ0n) is 9.61. The Morgan fingerprint density at radius 3 is 3.07 bits per heavy atom.